The van der Waals surface area contributed by atoms with Gasteiger partial charge in [0, 0.05) is 23.1 Å². The van der Waals surface area contributed by atoms with Crippen LogP contribution in [-0.2, 0) is 20.6 Å². The zero-order valence-corrected chi connectivity index (χ0v) is 21.4. The first kappa shape index (κ1) is 25.9. The molecule has 34 heavy (non-hydrogen) atoms. The number of halogens is 1. The normalized spacial score (nSPS) is 11.1. The molecule has 0 saturated heterocycles. The molecule has 9 heteroatoms. The fourth-order valence-corrected chi connectivity index (χ4v) is 5.63. The molecule has 3 aromatic rings. The number of thioether (sulfide) groups is 1. The molecule has 0 heterocycles. The molecule has 6 nitrogen and oxygen atoms in total. The first-order chi connectivity index (χ1) is 16.3. The number of amides is 1. The van der Waals surface area contributed by atoms with Crippen molar-refractivity contribution in [2.75, 3.05) is 30.3 Å². The number of anilines is 1. The lowest BCUT2D eigenvalue weighted by Crippen LogP contribution is -2.41. The SMILES string of the molecule is COc1ccc(Cl)cc1N(CC(=O)NCCSCc1ccc(C)cc1)S(=O)(=O)c1ccccc1. The average molecular weight is 519 g/mol. The van der Waals surface area contributed by atoms with Gasteiger partial charge >= 0.3 is 0 Å². The Morgan fingerprint density at radius 2 is 1.76 bits per heavy atom. The summed E-state index contributed by atoms with van der Waals surface area (Å²) in [4.78, 5) is 12.8. The molecule has 0 aromatic heterocycles. The Balaban J connectivity index is 1.70. The van der Waals surface area contributed by atoms with Gasteiger partial charge in [0.25, 0.3) is 10.0 Å². The van der Waals surface area contributed by atoms with Crippen LogP contribution >= 0.6 is 23.4 Å². The molecule has 0 unspecified atom stereocenters. The Morgan fingerprint density at radius 3 is 2.44 bits per heavy atom. The largest absolute Gasteiger partial charge is 0.495 e. The minimum absolute atomic E-state index is 0.0680. The van der Waals surface area contributed by atoms with E-state index in [-0.39, 0.29) is 10.6 Å². The van der Waals surface area contributed by atoms with E-state index < -0.39 is 22.5 Å². The fraction of sp³-hybridized carbons (Fsp3) is 0.240. The van der Waals surface area contributed by atoms with Crippen molar-refractivity contribution in [1.29, 1.82) is 0 Å². The summed E-state index contributed by atoms with van der Waals surface area (Å²) in [6.45, 7) is 2.06. The van der Waals surface area contributed by atoms with Crippen LogP contribution in [0.15, 0.2) is 77.7 Å². The van der Waals surface area contributed by atoms with Gasteiger partial charge in [0.05, 0.1) is 17.7 Å². The van der Waals surface area contributed by atoms with Crippen LogP contribution in [0.5, 0.6) is 5.75 Å². The van der Waals surface area contributed by atoms with Gasteiger partial charge in [-0.25, -0.2) is 8.42 Å². The van der Waals surface area contributed by atoms with E-state index in [4.69, 9.17) is 16.3 Å². The lowest BCUT2D eigenvalue weighted by Gasteiger charge is -2.25. The quantitative estimate of drug-likeness (QED) is 0.365. The smallest absolute Gasteiger partial charge is 0.264 e. The van der Waals surface area contributed by atoms with E-state index in [9.17, 15) is 13.2 Å². The second-order valence-corrected chi connectivity index (χ2v) is 10.9. The minimum Gasteiger partial charge on any atom is -0.495 e. The number of methoxy groups -OCH3 is 1. The van der Waals surface area contributed by atoms with Crippen LogP contribution in [0.2, 0.25) is 5.02 Å². The van der Waals surface area contributed by atoms with Gasteiger partial charge in [-0.2, -0.15) is 11.8 Å². The molecular weight excluding hydrogens is 492 g/mol. The van der Waals surface area contributed by atoms with Gasteiger partial charge in [-0.1, -0.05) is 59.6 Å². The Hall–Kier alpha value is -2.68. The second-order valence-electron chi connectivity index (χ2n) is 7.53. The third kappa shape index (κ3) is 6.91. The summed E-state index contributed by atoms with van der Waals surface area (Å²) in [7, 11) is -2.61. The number of nitrogens with one attached hydrogen (secondary N) is 1. The number of sulfonamides is 1. The number of rotatable bonds is 11. The summed E-state index contributed by atoms with van der Waals surface area (Å²) >= 11 is 7.84. The fourth-order valence-electron chi connectivity index (χ4n) is 3.20. The van der Waals surface area contributed by atoms with E-state index in [1.54, 1.807) is 42.1 Å². The monoisotopic (exact) mass is 518 g/mol. The van der Waals surface area contributed by atoms with Crippen molar-refractivity contribution in [3.63, 3.8) is 0 Å². The van der Waals surface area contributed by atoms with Crippen LogP contribution in [-0.4, -0.2) is 40.3 Å². The molecule has 0 spiro atoms. The van der Waals surface area contributed by atoms with Crippen LogP contribution in [0.25, 0.3) is 0 Å². The van der Waals surface area contributed by atoms with Gasteiger partial charge in [0.15, 0.2) is 0 Å². The number of hydrogen-bond donors (Lipinski definition) is 1. The van der Waals surface area contributed by atoms with Crippen LogP contribution in [0.3, 0.4) is 0 Å². The molecule has 1 N–H and O–H groups in total. The highest BCUT2D eigenvalue weighted by atomic mass is 35.5. The topological polar surface area (TPSA) is 75.7 Å². The van der Waals surface area contributed by atoms with E-state index in [0.29, 0.717) is 23.1 Å². The highest BCUT2D eigenvalue weighted by Gasteiger charge is 2.29. The molecule has 0 aliphatic carbocycles. The first-order valence-electron chi connectivity index (χ1n) is 10.6. The Kier molecular flexibility index (Phi) is 9.27. The Morgan fingerprint density at radius 1 is 1.06 bits per heavy atom. The van der Waals surface area contributed by atoms with E-state index >= 15 is 0 Å². The lowest BCUT2D eigenvalue weighted by atomic mass is 10.2. The number of aryl methyl sites for hydroxylation is 1. The molecule has 3 rings (SSSR count). The molecule has 0 fully saturated rings. The predicted molar refractivity (Wildman–Crippen MR) is 139 cm³/mol. The Bertz CT molecular complexity index is 1200. The summed E-state index contributed by atoms with van der Waals surface area (Å²) in [6, 6.07) is 20.9. The van der Waals surface area contributed by atoms with E-state index in [1.807, 2.05) is 6.92 Å². The third-order valence-electron chi connectivity index (χ3n) is 4.99. The second kappa shape index (κ2) is 12.1. The zero-order chi connectivity index (χ0) is 24.6. The molecule has 0 saturated carbocycles. The van der Waals surface area contributed by atoms with Gasteiger partial charge in [-0.05, 0) is 42.8 Å². The van der Waals surface area contributed by atoms with E-state index in [0.717, 1.165) is 10.1 Å². The number of nitrogens with zero attached hydrogens (tertiary/aromatic N) is 1. The maximum atomic E-state index is 13.4. The zero-order valence-electron chi connectivity index (χ0n) is 19.0. The van der Waals surface area contributed by atoms with Crippen molar-refractivity contribution in [1.82, 2.24) is 5.32 Å². The highest BCUT2D eigenvalue weighted by Crippen LogP contribution is 2.34. The van der Waals surface area contributed by atoms with Crippen molar-refractivity contribution >= 4 is 45.0 Å². The van der Waals surface area contributed by atoms with Crippen molar-refractivity contribution in [2.45, 2.75) is 17.6 Å². The molecule has 180 valence electrons. The van der Waals surface area contributed by atoms with Crippen molar-refractivity contribution < 1.29 is 17.9 Å². The molecule has 0 aliphatic rings. The van der Waals surface area contributed by atoms with Gasteiger partial charge in [-0.15, -0.1) is 0 Å². The van der Waals surface area contributed by atoms with Gasteiger partial charge in [0.1, 0.15) is 12.3 Å². The third-order valence-corrected chi connectivity index (χ3v) is 8.03. The number of hydrogen-bond acceptors (Lipinski definition) is 5. The van der Waals surface area contributed by atoms with Gasteiger partial charge in [0.2, 0.25) is 5.91 Å². The van der Waals surface area contributed by atoms with Crippen molar-refractivity contribution in [3.05, 3.63) is 88.9 Å². The standard InChI is InChI=1S/C25H27ClN2O4S2/c1-19-8-10-20(11-9-19)18-33-15-14-27-25(29)17-28(23-16-21(26)12-13-24(23)32-2)34(30,31)22-6-4-3-5-7-22/h3-13,16H,14-15,17-18H2,1-2H3,(H,27,29). The summed E-state index contributed by atoms with van der Waals surface area (Å²) in [5.74, 6) is 1.42. The first-order valence-corrected chi connectivity index (χ1v) is 13.6. The van der Waals surface area contributed by atoms with Crippen molar-refractivity contribution in [2.24, 2.45) is 0 Å². The van der Waals surface area contributed by atoms with Gasteiger partial charge in [-0.3, -0.25) is 9.10 Å². The lowest BCUT2D eigenvalue weighted by molar-refractivity contribution is -0.119. The number of carbonyl (C=O) groups is 1. The molecule has 0 bridgehead atoms. The van der Waals surface area contributed by atoms with Crippen LogP contribution in [0, 0.1) is 6.92 Å². The highest BCUT2D eigenvalue weighted by molar-refractivity contribution is 7.98. The van der Waals surface area contributed by atoms with Crippen LogP contribution < -0.4 is 14.4 Å². The minimum atomic E-state index is -4.04. The average Bonchev–Trinajstić information content (AvgIpc) is 2.84. The van der Waals surface area contributed by atoms with E-state index in [2.05, 4.69) is 29.6 Å². The maximum absolute atomic E-state index is 13.4. The summed E-state index contributed by atoms with van der Waals surface area (Å²) in [6.07, 6.45) is 0. The molecule has 0 atom stereocenters. The number of carbonyl (C=O) groups excluding carboxylic acids is 1. The summed E-state index contributed by atoms with van der Waals surface area (Å²) in [5, 5.41) is 3.14. The molecular formula is C25H27ClN2O4S2. The van der Waals surface area contributed by atoms with Crippen LogP contribution in [0.1, 0.15) is 11.1 Å². The number of ether oxygens (including phenoxy) is 1. The van der Waals surface area contributed by atoms with Crippen LogP contribution in [0.4, 0.5) is 5.69 Å². The van der Waals surface area contributed by atoms with Gasteiger partial charge < -0.3 is 10.1 Å². The van der Waals surface area contributed by atoms with E-state index in [1.165, 1.54) is 36.4 Å². The Labute approximate surface area is 210 Å². The summed E-state index contributed by atoms with van der Waals surface area (Å²) < 4.78 is 33.3. The molecule has 0 radical (unpaired) electrons. The summed E-state index contributed by atoms with van der Waals surface area (Å²) in [5.41, 5.74) is 2.63. The van der Waals surface area contributed by atoms with Crippen molar-refractivity contribution in [3.8, 4) is 5.75 Å². The molecule has 1 amide bonds. The maximum Gasteiger partial charge on any atom is 0.264 e. The predicted octanol–water partition coefficient (Wildman–Crippen LogP) is 4.90. The number of benzene rings is 3. The molecule has 0 aliphatic heterocycles. The molecule has 3 aromatic carbocycles.